The monoisotopic (exact) mass is 295 g/mol. The Balaban J connectivity index is 2.04. The number of aromatic nitrogens is 1. The van der Waals surface area contributed by atoms with Crippen molar-refractivity contribution in [2.75, 3.05) is 25.1 Å². The van der Waals surface area contributed by atoms with E-state index < -0.39 is 0 Å². The number of nitriles is 1. The number of anilines is 1. The van der Waals surface area contributed by atoms with Crippen LogP contribution in [-0.2, 0) is 0 Å². The Kier molecular flexibility index (Phi) is 5.00. The van der Waals surface area contributed by atoms with Crippen LogP contribution in [0.2, 0.25) is 0 Å². The van der Waals surface area contributed by atoms with Gasteiger partial charge in [-0.25, -0.2) is 4.98 Å². The van der Waals surface area contributed by atoms with E-state index in [1.165, 1.54) is 5.56 Å². The van der Waals surface area contributed by atoms with Gasteiger partial charge in [0.2, 0.25) is 0 Å². The van der Waals surface area contributed by atoms with Crippen LogP contribution in [0.15, 0.2) is 30.3 Å². The van der Waals surface area contributed by atoms with Gasteiger partial charge >= 0.3 is 0 Å². The SMILES string of the molecule is Cc1cccc(OCCN(C)c2nc(C)cc(C)c2C#N)c1. The van der Waals surface area contributed by atoms with Gasteiger partial charge in [0.1, 0.15) is 24.2 Å². The van der Waals surface area contributed by atoms with Crippen molar-refractivity contribution < 1.29 is 4.74 Å². The zero-order valence-corrected chi connectivity index (χ0v) is 13.6. The van der Waals surface area contributed by atoms with Gasteiger partial charge in [-0.15, -0.1) is 0 Å². The second-order valence-electron chi connectivity index (χ2n) is 5.48. The molecule has 4 nitrogen and oxygen atoms in total. The first-order valence-corrected chi connectivity index (χ1v) is 7.30. The number of likely N-dealkylation sites (N-methyl/N-ethyl adjacent to an activating group) is 1. The largest absolute Gasteiger partial charge is 0.492 e. The summed E-state index contributed by atoms with van der Waals surface area (Å²) in [6.07, 6.45) is 0. The van der Waals surface area contributed by atoms with Crippen LogP contribution < -0.4 is 9.64 Å². The van der Waals surface area contributed by atoms with Crippen molar-refractivity contribution in [2.45, 2.75) is 20.8 Å². The number of ether oxygens (including phenoxy) is 1. The minimum absolute atomic E-state index is 0.541. The van der Waals surface area contributed by atoms with Crippen molar-refractivity contribution in [1.82, 2.24) is 4.98 Å². The topological polar surface area (TPSA) is 49.1 Å². The summed E-state index contributed by atoms with van der Waals surface area (Å²) in [6.45, 7) is 7.12. The number of hydrogen-bond acceptors (Lipinski definition) is 4. The second kappa shape index (κ2) is 6.95. The fourth-order valence-corrected chi connectivity index (χ4v) is 2.34. The Labute approximate surface area is 132 Å². The van der Waals surface area contributed by atoms with Gasteiger partial charge in [0.25, 0.3) is 0 Å². The minimum Gasteiger partial charge on any atom is -0.492 e. The minimum atomic E-state index is 0.541. The van der Waals surface area contributed by atoms with E-state index in [0.717, 1.165) is 17.0 Å². The molecular weight excluding hydrogens is 274 g/mol. The van der Waals surface area contributed by atoms with Crippen molar-refractivity contribution in [1.29, 1.82) is 5.26 Å². The number of nitrogens with zero attached hydrogens (tertiary/aromatic N) is 3. The molecule has 1 aromatic heterocycles. The Morgan fingerprint density at radius 2 is 2.00 bits per heavy atom. The predicted molar refractivity (Wildman–Crippen MR) is 88.4 cm³/mol. The van der Waals surface area contributed by atoms with Gasteiger partial charge in [-0.2, -0.15) is 5.26 Å². The molecular formula is C18H21N3O. The molecule has 0 unspecified atom stereocenters. The van der Waals surface area contributed by atoms with Crippen LogP contribution in [0.3, 0.4) is 0 Å². The quantitative estimate of drug-likeness (QED) is 0.848. The first-order valence-electron chi connectivity index (χ1n) is 7.30. The van der Waals surface area contributed by atoms with Crippen molar-refractivity contribution >= 4 is 5.82 Å². The maximum Gasteiger partial charge on any atom is 0.146 e. The van der Waals surface area contributed by atoms with Gasteiger partial charge in [-0.3, -0.25) is 0 Å². The van der Waals surface area contributed by atoms with Crippen LogP contribution in [0.1, 0.15) is 22.4 Å². The first kappa shape index (κ1) is 15.8. The number of aryl methyl sites for hydroxylation is 3. The lowest BCUT2D eigenvalue weighted by atomic mass is 10.1. The Morgan fingerprint density at radius 1 is 1.23 bits per heavy atom. The van der Waals surface area contributed by atoms with Gasteiger partial charge in [0.05, 0.1) is 12.1 Å². The van der Waals surface area contributed by atoms with Crippen molar-refractivity contribution in [3.8, 4) is 11.8 Å². The third kappa shape index (κ3) is 3.76. The fourth-order valence-electron chi connectivity index (χ4n) is 2.34. The van der Waals surface area contributed by atoms with Crippen LogP contribution in [0.5, 0.6) is 5.75 Å². The molecule has 0 fully saturated rings. The zero-order chi connectivity index (χ0) is 16.1. The number of pyridine rings is 1. The molecule has 0 bridgehead atoms. The lowest BCUT2D eigenvalue weighted by molar-refractivity contribution is 0.325. The van der Waals surface area contributed by atoms with E-state index >= 15 is 0 Å². The molecule has 0 aliphatic heterocycles. The number of benzene rings is 1. The summed E-state index contributed by atoms with van der Waals surface area (Å²) < 4.78 is 5.76. The highest BCUT2D eigenvalue weighted by atomic mass is 16.5. The third-order valence-corrected chi connectivity index (χ3v) is 3.48. The van der Waals surface area contributed by atoms with Crippen molar-refractivity contribution in [3.63, 3.8) is 0 Å². The Bertz CT molecular complexity index is 704. The van der Waals surface area contributed by atoms with Gasteiger partial charge < -0.3 is 9.64 Å². The van der Waals surface area contributed by atoms with E-state index in [2.05, 4.69) is 11.1 Å². The van der Waals surface area contributed by atoms with Crippen LogP contribution >= 0.6 is 0 Å². The molecule has 0 spiro atoms. The average molecular weight is 295 g/mol. The smallest absolute Gasteiger partial charge is 0.146 e. The van der Waals surface area contributed by atoms with Crippen molar-refractivity contribution in [3.05, 3.63) is 52.7 Å². The van der Waals surface area contributed by atoms with Crippen molar-refractivity contribution in [2.24, 2.45) is 0 Å². The van der Waals surface area contributed by atoms with E-state index in [9.17, 15) is 5.26 Å². The standard InChI is InChI=1S/C18H21N3O/c1-13-6-5-7-16(10-13)22-9-8-21(4)18-17(12-19)14(2)11-15(3)20-18/h5-7,10-11H,8-9H2,1-4H3. The lowest BCUT2D eigenvalue weighted by Crippen LogP contribution is -2.26. The molecule has 114 valence electrons. The molecule has 22 heavy (non-hydrogen) atoms. The first-order chi connectivity index (χ1) is 10.5. The predicted octanol–water partition coefficient (Wildman–Crippen LogP) is 3.39. The molecule has 0 aliphatic carbocycles. The summed E-state index contributed by atoms with van der Waals surface area (Å²) in [7, 11) is 1.93. The van der Waals surface area contributed by atoms with Crippen LogP contribution in [0, 0.1) is 32.1 Å². The summed E-state index contributed by atoms with van der Waals surface area (Å²) >= 11 is 0. The highest BCUT2D eigenvalue weighted by molar-refractivity contribution is 5.57. The number of rotatable bonds is 5. The molecule has 2 rings (SSSR count). The molecule has 0 N–H and O–H groups in total. The summed E-state index contributed by atoms with van der Waals surface area (Å²) in [5.74, 6) is 1.58. The van der Waals surface area contributed by atoms with E-state index in [1.54, 1.807) is 0 Å². The average Bonchev–Trinajstić information content (AvgIpc) is 2.46. The highest BCUT2D eigenvalue weighted by Crippen LogP contribution is 2.20. The zero-order valence-electron chi connectivity index (χ0n) is 13.6. The van der Waals surface area contributed by atoms with Gasteiger partial charge in [-0.05, 0) is 50.1 Å². The molecule has 0 radical (unpaired) electrons. The molecule has 0 amide bonds. The molecule has 1 heterocycles. The van der Waals surface area contributed by atoms with Gasteiger partial charge in [0, 0.05) is 12.7 Å². The number of hydrogen-bond donors (Lipinski definition) is 0. The molecule has 4 heteroatoms. The molecule has 0 saturated heterocycles. The lowest BCUT2D eigenvalue weighted by Gasteiger charge is -2.21. The van der Waals surface area contributed by atoms with E-state index in [1.807, 2.05) is 63.1 Å². The normalized spacial score (nSPS) is 10.1. The molecule has 2 aromatic rings. The molecule has 0 atom stereocenters. The van der Waals surface area contributed by atoms with Crippen LogP contribution in [0.25, 0.3) is 0 Å². The van der Waals surface area contributed by atoms with Gasteiger partial charge in [0.15, 0.2) is 0 Å². The second-order valence-corrected chi connectivity index (χ2v) is 5.48. The van der Waals surface area contributed by atoms with E-state index in [0.29, 0.717) is 24.5 Å². The van der Waals surface area contributed by atoms with E-state index in [-0.39, 0.29) is 0 Å². The van der Waals surface area contributed by atoms with Crippen LogP contribution in [0.4, 0.5) is 5.82 Å². The summed E-state index contributed by atoms with van der Waals surface area (Å²) in [5.41, 5.74) is 3.67. The fraction of sp³-hybridized carbons (Fsp3) is 0.333. The molecule has 0 aliphatic rings. The molecule has 1 aromatic carbocycles. The maximum absolute atomic E-state index is 9.33. The maximum atomic E-state index is 9.33. The highest BCUT2D eigenvalue weighted by Gasteiger charge is 2.12. The van der Waals surface area contributed by atoms with E-state index in [4.69, 9.17) is 4.74 Å². The van der Waals surface area contributed by atoms with Crippen LogP contribution in [-0.4, -0.2) is 25.2 Å². The summed E-state index contributed by atoms with van der Waals surface area (Å²) in [6, 6.07) is 12.1. The summed E-state index contributed by atoms with van der Waals surface area (Å²) in [4.78, 5) is 6.46. The third-order valence-electron chi connectivity index (χ3n) is 3.48. The summed E-state index contributed by atoms with van der Waals surface area (Å²) in [5, 5.41) is 9.33. The Hall–Kier alpha value is -2.54. The Morgan fingerprint density at radius 3 is 2.68 bits per heavy atom. The van der Waals surface area contributed by atoms with Gasteiger partial charge in [-0.1, -0.05) is 12.1 Å². The molecule has 0 saturated carbocycles.